The van der Waals surface area contributed by atoms with Crippen molar-refractivity contribution in [3.8, 4) is 5.75 Å². The number of rotatable bonds is 5. The van der Waals surface area contributed by atoms with Gasteiger partial charge in [0.25, 0.3) is 0 Å². The molecular weight excluding hydrogens is 218 g/mol. The number of carbonyl (C=O) groups excluding carboxylic acids is 1. The zero-order valence-electron chi connectivity index (χ0n) is 10.7. The summed E-state index contributed by atoms with van der Waals surface area (Å²) in [4.78, 5) is 11.4. The summed E-state index contributed by atoms with van der Waals surface area (Å²) >= 11 is 0. The third-order valence-corrected chi connectivity index (χ3v) is 2.64. The van der Waals surface area contributed by atoms with Crippen molar-refractivity contribution in [2.45, 2.75) is 19.9 Å². The van der Waals surface area contributed by atoms with Crippen molar-refractivity contribution in [2.75, 3.05) is 20.8 Å². The van der Waals surface area contributed by atoms with E-state index in [4.69, 9.17) is 4.74 Å². The van der Waals surface area contributed by atoms with Crippen LogP contribution in [-0.4, -0.2) is 32.8 Å². The molecule has 0 radical (unpaired) electrons. The van der Waals surface area contributed by atoms with Gasteiger partial charge < -0.3 is 14.8 Å². The summed E-state index contributed by atoms with van der Waals surface area (Å²) < 4.78 is 10.4. The van der Waals surface area contributed by atoms with Gasteiger partial charge >= 0.3 is 5.97 Å². The summed E-state index contributed by atoms with van der Waals surface area (Å²) in [6.45, 7) is 4.22. The van der Waals surface area contributed by atoms with Gasteiger partial charge in [0.2, 0.25) is 0 Å². The Morgan fingerprint density at radius 1 is 1.35 bits per heavy atom. The molecule has 0 aromatic heterocycles. The van der Waals surface area contributed by atoms with Gasteiger partial charge in [0.1, 0.15) is 18.4 Å². The molecule has 0 amide bonds. The van der Waals surface area contributed by atoms with Gasteiger partial charge in [-0.3, -0.25) is 4.79 Å². The van der Waals surface area contributed by atoms with Gasteiger partial charge in [0, 0.05) is 0 Å². The molecule has 4 nitrogen and oxygen atoms in total. The number of hydrogen-bond donors (Lipinski definition) is 1. The number of para-hydroxylation sites is 1. The second kappa shape index (κ2) is 6.25. The van der Waals surface area contributed by atoms with Crippen LogP contribution in [0.5, 0.6) is 5.75 Å². The lowest BCUT2D eigenvalue weighted by molar-refractivity contribution is -0.143. The van der Waals surface area contributed by atoms with Gasteiger partial charge in [-0.1, -0.05) is 18.2 Å². The lowest BCUT2D eigenvalue weighted by Crippen LogP contribution is -2.40. The zero-order valence-corrected chi connectivity index (χ0v) is 10.7. The first kappa shape index (κ1) is 13.5. The van der Waals surface area contributed by atoms with Crippen LogP contribution in [0.15, 0.2) is 18.2 Å². The van der Waals surface area contributed by atoms with Crippen molar-refractivity contribution in [3.63, 3.8) is 0 Å². The Labute approximate surface area is 102 Å². The highest BCUT2D eigenvalue weighted by Gasteiger charge is 2.18. The minimum atomic E-state index is -0.445. The Morgan fingerprint density at radius 3 is 2.41 bits per heavy atom. The van der Waals surface area contributed by atoms with Gasteiger partial charge in [0.05, 0.1) is 7.11 Å². The molecule has 1 rings (SSSR count). The van der Waals surface area contributed by atoms with Crippen LogP contribution in [0.2, 0.25) is 0 Å². The largest absolute Gasteiger partial charge is 0.491 e. The molecule has 94 valence electrons. The summed E-state index contributed by atoms with van der Waals surface area (Å²) in [5.74, 6) is 0.510. The summed E-state index contributed by atoms with van der Waals surface area (Å²) in [5.41, 5.74) is 2.12. The van der Waals surface area contributed by atoms with E-state index in [0.29, 0.717) is 0 Å². The molecule has 4 heteroatoms. The van der Waals surface area contributed by atoms with Crippen molar-refractivity contribution < 1.29 is 14.3 Å². The van der Waals surface area contributed by atoms with Gasteiger partial charge in [-0.2, -0.15) is 0 Å². The summed E-state index contributed by atoms with van der Waals surface area (Å²) in [6, 6.07) is 5.50. The van der Waals surface area contributed by atoms with E-state index >= 15 is 0 Å². The molecule has 1 atom stereocenters. The van der Waals surface area contributed by atoms with Crippen LogP contribution in [0, 0.1) is 13.8 Å². The number of benzene rings is 1. The van der Waals surface area contributed by atoms with E-state index in [1.807, 2.05) is 32.0 Å². The number of hydrogen-bond acceptors (Lipinski definition) is 4. The predicted octanol–water partition coefficient (Wildman–Crippen LogP) is 1.44. The SMILES string of the molecule is CNC(COc1c(C)cccc1C)C(=O)OC. The molecule has 0 aliphatic rings. The second-order valence-corrected chi connectivity index (χ2v) is 3.90. The minimum Gasteiger partial charge on any atom is -0.491 e. The van der Waals surface area contributed by atoms with Gasteiger partial charge in [-0.15, -0.1) is 0 Å². The lowest BCUT2D eigenvalue weighted by Gasteiger charge is -2.17. The van der Waals surface area contributed by atoms with Crippen LogP contribution < -0.4 is 10.1 Å². The van der Waals surface area contributed by atoms with E-state index in [0.717, 1.165) is 16.9 Å². The Hall–Kier alpha value is -1.55. The fraction of sp³-hybridized carbons (Fsp3) is 0.462. The van der Waals surface area contributed by atoms with Gasteiger partial charge in [0.15, 0.2) is 0 Å². The van der Waals surface area contributed by atoms with Crippen LogP contribution >= 0.6 is 0 Å². The van der Waals surface area contributed by atoms with Crippen molar-refractivity contribution in [1.82, 2.24) is 5.32 Å². The highest BCUT2D eigenvalue weighted by molar-refractivity contribution is 5.75. The predicted molar refractivity (Wildman–Crippen MR) is 66.3 cm³/mol. The molecule has 0 heterocycles. The molecule has 0 aliphatic carbocycles. The molecule has 0 bridgehead atoms. The van der Waals surface area contributed by atoms with Crippen molar-refractivity contribution in [3.05, 3.63) is 29.3 Å². The highest BCUT2D eigenvalue weighted by atomic mass is 16.5. The van der Waals surface area contributed by atoms with Gasteiger partial charge in [-0.05, 0) is 32.0 Å². The van der Waals surface area contributed by atoms with Crippen LogP contribution in [0.25, 0.3) is 0 Å². The molecule has 0 fully saturated rings. The normalized spacial score (nSPS) is 12.0. The third-order valence-electron chi connectivity index (χ3n) is 2.64. The number of methoxy groups -OCH3 is 1. The number of likely N-dealkylation sites (N-methyl/N-ethyl adjacent to an activating group) is 1. The minimum absolute atomic E-state index is 0.259. The van der Waals surface area contributed by atoms with E-state index < -0.39 is 6.04 Å². The number of carbonyl (C=O) groups is 1. The maximum atomic E-state index is 11.4. The number of aryl methyl sites for hydroxylation is 2. The van der Waals surface area contributed by atoms with E-state index in [9.17, 15) is 4.79 Å². The van der Waals surface area contributed by atoms with Crippen LogP contribution in [0.3, 0.4) is 0 Å². The van der Waals surface area contributed by atoms with Crippen LogP contribution in [0.1, 0.15) is 11.1 Å². The topological polar surface area (TPSA) is 47.6 Å². The van der Waals surface area contributed by atoms with Crippen LogP contribution in [0.4, 0.5) is 0 Å². The zero-order chi connectivity index (χ0) is 12.8. The maximum absolute atomic E-state index is 11.4. The first-order chi connectivity index (χ1) is 8.10. The Balaban J connectivity index is 2.69. The van der Waals surface area contributed by atoms with Crippen LogP contribution in [-0.2, 0) is 9.53 Å². The number of ether oxygens (including phenoxy) is 2. The molecule has 0 spiro atoms. The quantitative estimate of drug-likeness (QED) is 0.787. The summed E-state index contributed by atoms with van der Waals surface area (Å²) in [5, 5.41) is 2.86. The monoisotopic (exact) mass is 237 g/mol. The number of esters is 1. The summed E-state index contributed by atoms with van der Waals surface area (Å²) in [6.07, 6.45) is 0. The smallest absolute Gasteiger partial charge is 0.326 e. The Kier molecular flexibility index (Phi) is 4.97. The summed E-state index contributed by atoms with van der Waals surface area (Å²) in [7, 11) is 3.07. The van der Waals surface area contributed by atoms with Gasteiger partial charge in [-0.25, -0.2) is 0 Å². The van der Waals surface area contributed by atoms with E-state index in [-0.39, 0.29) is 12.6 Å². The van der Waals surface area contributed by atoms with Crippen molar-refractivity contribution in [1.29, 1.82) is 0 Å². The first-order valence-electron chi connectivity index (χ1n) is 5.54. The molecular formula is C13H19NO3. The second-order valence-electron chi connectivity index (χ2n) is 3.90. The van der Waals surface area contributed by atoms with E-state index in [1.54, 1.807) is 7.05 Å². The van der Waals surface area contributed by atoms with E-state index in [1.165, 1.54) is 7.11 Å². The first-order valence-corrected chi connectivity index (χ1v) is 5.54. The number of nitrogens with one attached hydrogen (secondary N) is 1. The van der Waals surface area contributed by atoms with Crippen molar-refractivity contribution >= 4 is 5.97 Å². The fourth-order valence-electron chi connectivity index (χ4n) is 1.60. The lowest BCUT2D eigenvalue weighted by atomic mass is 10.1. The van der Waals surface area contributed by atoms with E-state index in [2.05, 4.69) is 10.1 Å². The fourth-order valence-corrected chi connectivity index (χ4v) is 1.60. The Bertz CT molecular complexity index is 370. The standard InChI is InChI=1S/C13H19NO3/c1-9-6-5-7-10(2)12(9)17-8-11(14-3)13(15)16-4/h5-7,11,14H,8H2,1-4H3. The molecule has 1 N–H and O–H groups in total. The maximum Gasteiger partial charge on any atom is 0.326 e. The molecule has 1 aromatic carbocycles. The molecule has 17 heavy (non-hydrogen) atoms. The molecule has 0 saturated heterocycles. The van der Waals surface area contributed by atoms with Crippen molar-refractivity contribution in [2.24, 2.45) is 0 Å². The molecule has 1 aromatic rings. The third kappa shape index (κ3) is 3.46. The highest BCUT2D eigenvalue weighted by Crippen LogP contribution is 2.22. The molecule has 0 saturated carbocycles. The Morgan fingerprint density at radius 2 is 1.94 bits per heavy atom. The average Bonchev–Trinajstić information content (AvgIpc) is 2.32. The molecule has 1 unspecified atom stereocenters. The average molecular weight is 237 g/mol. The molecule has 0 aliphatic heterocycles.